The van der Waals surface area contributed by atoms with Gasteiger partial charge >= 0.3 is 0 Å². The molecule has 8 heteroatoms. The Morgan fingerprint density at radius 1 is 1.26 bits per heavy atom. The van der Waals surface area contributed by atoms with Crippen molar-refractivity contribution in [2.24, 2.45) is 4.99 Å². The number of hydrogen-bond donors (Lipinski definition) is 1. The predicted molar refractivity (Wildman–Crippen MR) is 115 cm³/mol. The Labute approximate surface area is 178 Å². The monoisotopic (exact) mass is 495 g/mol. The van der Waals surface area contributed by atoms with Crippen molar-refractivity contribution in [3.8, 4) is 0 Å². The molecule has 0 bridgehead atoms. The number of aliphatic imine (C=N–C) groups is 1. The maximum Gasteiger partial charge on any atom is 0.194 e. The van der Waals surface area contributed by atoms with E-state index >= 15 is 0 Å². The van der Waals surface area contributed by atoms with Gasteiger partial charge in [0.05, 0.1) is 39.0 Å². The van der Waals surface area contributed by atoms with Crippen LogP contribution in [0.4, 0.5) is 4.39 Å². The SMILES string of the molecule is CCNC(=NCCOCCOC)N1CC(C)OC(c2ccc(F)cc2)C1.I. The van der Waals surface area contributed by atoms with Crippen LogP contribution in [0.1, 0.15) is 25.5 Å². The standard InChI is InChI=1S/C19H30FN3O3.HI/c1-4-21-19(22-9-10-25-12-11-24-3)23-13-15(2)26-18(14-23)16-5-7-17(20)8-6-16;/h5-8,15,18H,4,9-14H2,1-3H3,(H,21,22);1H. The van der Waals surface area contributed by atoms with Gasteiger partial charge in [0.15, 0.2) is 5.96 Å². The summed E-state index contributed by atoms with van der Waals surface area (Å²) < 4.78 is 29.7. The fourth-order valence-electron chi connectivity index (χ4n) is 2.87. The Kier molecular flexibility index (Phi) is 11.8. The summed E-state index contributed by atoms with van der Waals surface area (Å²) in [5, 5.41) is 3.34. The lowest BCUT2D eigenvalue weighted by atomic mass is 10.1. The van der Waals surface area contributed by atoms with Gasteiger partial charge in [0, 0.05) is 20.2 Å². The van der Waals surface area contributed by atoms with Crippen molar-refractivity contribution in [3.63, 3.8) is 0 Å². The Bertz CT molecular complexity index is 560. The third-order valence-electron chi connectivity index (χ3n) is 4.07. The molecule has 2 rings (SSSR count). The van der Waals surface area contributed by atoms with E-state index in [-0.39, 0.29) is 42.0 Å². The van der Waals surface area contributed by atoms with E-state index < -0.39 is 0 Å². The fraction of sp³-hybridized carbons (Fsp3) is 0.632. The van der Waals surface area contributed by atoms with Gasteiger partial charge in [0.1, 0.15) is 11.9 Å². The summed E-state index contributed by atoms with van der Waals surface area (Å²) in [6, 6.07) is 6.51. The molecule has 1 fully saturated rings. The number of ether oxygens (including phenoxy) is 3. The molecule has 6 nitrogen and oxygen atoms in total. The zero-order valence-electron chi connectivity index (χ0n) is 16.3. The highest BCUT2D eigenvalue weighted by Gasteiger charge is 2.28. The molecule has 154 valence electrons. The first-order chi connectivity index (χ1) is 12.6. The van der Waals surface area contributed by atoms with Gasteiger partial charge in [0.25, 0.3) is 0 Å². The molecule has 2 atom stereocenters. The van der Waals surface area contributed by atoms with Gasteiger partial charge in [-0.1, -0.05) is 12.1 Å². The van der Waals surface area contributed by atoms with Crippen LogP contribution in [0, 0.1) is 5.82 Å². The number of hydrogen-bond acceptors (Lipinski definition) is 4. The van der Waals surface area contributed by atoms with Crippen molar-refractivity contribution in [1.82, 2.24) is 10.2 Å². The first-order valence-electron chi connectivity index (χ1n) is 9.15. The van der Waals surface area contributed by atoms with Crippen LogP contribution in [0.25, 0.3) is 0 Å². The van der Waals surface area contributed by atoms with E-state index in [2.05, 4.69) is 15.2 Å². The van der Waals surface area contributed by atoms with Crippen LogP contribution < -0.4 is 5.32 Å². The van der Waals surface area contributed by atoms with Gasteiger partial charge in [-0.15, -0.1) is 24.0 Å². The topological polar surface area (TPSA) is 55.3 Å². The summed E-state index contributed by atoms with van der Waals surface area (Å²) in [5.41, 5.74) is 0.974. The second-order valence-electron chi connectivity index (χ2n) is 6.23. The van der Waals surface area contributed by atoms with E-state index in [0.717, 1.165) is 24.6 Å². The Morgan fingerprint density at radius 2 is 2.00 bits per heavy atom. The summed E-state index contributed by atoms with van der Waals surface area (Å²) >= 11 is 0. The number of halogens is 2. The van der Waals surface area contributed by atoms with Crippen LogP contribution in [0.5, 0.6) is 0 Å². The first kappa shape index (κ1) is 24.1. The van der Waals surface area contributed by atoms with Crippen molar-refractivity contribution < 1.29 is 18.6 Å². The number of nitrogens with zero attached hydrogens (tertiary/aromatic N) is 2. The molecule has 1 aliphatic heterocycles. The van der Waals surface area contributed by atoms with Crippen LogP contribution in [-0.4, -0.2) is 70.1 Å². The number of nitrogens with one attached hydrogen (secondary N) is 1. The molecule has 1 saturated heterocycles. The third kappa shape index (κ3) is 8.28. The van der Waals surface area contributed by atoms with Crippen LogP contribution >= 0.6 is 24.0 Å². The molecular weight excluding hydrogens is 464 g/mol. The molecule has 27 heavy (non-hydrogen) atoms. The molecule has 0 aromatic heterocycles. The van der Waals surface area contributed by atoms with Crippen molar-refractivity contribution in [2.45, 2.75) is 26.1 Å². The predicted octanol–water partition coefficient (Wildman–Crippen LogP) is 2.83. The molecule has 0 saturated carbocycles. The summed E-state index contributed by atoms with van der Waals surface area (Å²) in [4.78, 5) is 6.86. The Balaban J connectivity index is 0.00000364. The number of rotatable bonds is 8. The number of guanidine groups is 1. The molecule has 0 aliphatic carbocycles. The van der Waals surface area contributed by atoms with Gasteiger partial charge in [-0.3, -0.25) is 4.99 Å². The van der Waals surface area contributed by atoms with E-state index in [9.17, 15) is 4.39 Å². The summed E-state index contributed by atoms with van der Waals surface area (Å²) in [6.07, 6.45) is -0.0539. The molecule has 1 heterocycles. The van der Waals surface area contributed by atoms with Crippen LogP contribution in [0.2, 0.25) is 0 Å². The molecular formula is C19H31FIN3O3. The first-order valence-corrected chi connectivity index (χ1v) is 9.15. The Morgan fingerprint density at radius 3 is 2.67 bits per heavy atom. The van der Waals surface area contributed by atoms with Gasteiger partial charge in [0.2, 0.25) is 0 Å². The van der Waals surface area contributed by atoms with Gasteiger partial charge in [-0.2, -0.15) is 0 Å². The Hall–Kier alpha value is -0.970. The van der Waals surface area contributed by atoms with E-state index in [1.165, 1.54) is 12.1 Å². The molecule has 1 aromatic carbocycles. The highest BCUT2D eigenvalue weighted by molar-refractivity contribution is 14.0. The maximum atomic E-state index is 13.2. The minimum atomic E-state index is -0.238. The molecule has 0 amide bonds. The number of methoxy groups -OCH3 is 1. The normalized spacial score (nSPS) is 20.3. The second-order valence-corrected chi connectivity index (χ2v) is 6.23. The van der Waals surface area contributed by atoms with Crippen molar-refractivity contribution in [2.75, 3.05) is 53.1 Å². The summed E-state index contributed by atoms with van der Waals surface area (Å²) in [6.45, 7) is 8.61. The molecule has 0 spiro atoms. The highest BCUT2D eigenvalue weighted by atomic mass is 127. The molecule has 0 radical (unpaired) electrons. The molecule has 2 unspecified atom stereocenters. The van der Waals surface area contributed by atoms with Crippen LogP contribution in [-0.2, 0) is 14.2 Å². The van der Waals surface area contributed by atoms with Crippen LogP contribution in [0.15, 0.2) is 29.3 Å². The lowest BCUT2D eigenvalue weighted by Gasteiger charge is -2.38. The maximum absolute atomic E-state index is 13.2. The van der Waals surface area contributed by atoms with E-state index in [1.54, 1.807) is 19.2 Å². The average molecular weight is 495 g/mol. The zero-order valence-corrected chi connectivity index (χ0v) is 18.6. The largest absolute Gasteiger partial charge is 0.382 e. The van der Waals surface area contributed by atoms with Crippen molar-refractivity contribution >= 4 is 29.9 Å². The summed E-state index contributed by atoms with van der Waals surface area (Å²) in [5.74, 6) is 0.614. The third-order valence-corrected chi connectivity index (χ3v) is 4.07. The zero-order chi connectivity index (χ0) is 18.8. The fourth-order valence-corrected chi connectivity index (χ4v) is 2.87. The van der Waals surface area contributed by atoms with Crippen molar-refractivity contribution in [1.29, 1.82) is 0 Å². The summed E-state index contributed by atoms with van der Waals surface area (Å²) in [7, 11) is 1.65. The molecule has 1 aromatic rings. The molecule has 1 N–H and O–H groups in total. The van der Waals surface area contributed by atoms with E-state index in [4.69, 9.17) is 14.2 Å². The smallest absolute Gasteiger partial charge is 0.194 e. The van der Waals surface area contributed by atoms with Gasteiger partial charge in [-0.25, -0.2) is 4.39 Å². The highest BCUT2D eigenvalue weighted by Crippen LogP contribution is 2.25. The van der Waals surface area contributed by atoms with Gasteiger partial charge in [-0.05, 0) is 31.5 Å². The lowest BCUT2D eigenvalue weighted by Crippen LogP contribution is -2.50. The molecule has 1 aliphatic rings. The minimum Gasteiger partial charge on any atom is -0.382 e. The number of benzene rings is 1. The second kappa shape index (κ2) is 13.2. The quantitative estimate of drug-likeness (QED) is 0.260. The minimum absolute atomic E-state index is 0. The van der Waals surface area contributed by atoms with Crippen LogP contribution in [0.3, 0.4) is 0 Å². The lowest BCUT2D eigenvalue weighted by molar-refractivity contribution is -0.0605. The number of morpholine rings is 1. The van der Waals surface area contributed by atoms with E-state index in [1.807, 2.05) is 13.8 Å². The average Bonchev–Trinajstić information content (AvgIpc) is 2.63. The van der Waals surface area contributed by atoms with Crippen molar-refractivity contribution in [3.05, 3.63) is 35.6 Å². The van der Waals surface area contributed by atoms with Gasteiger partial charge < -0.3 is 24.4 Å². The van der Waals surface area contributed by atoms with E-state index in [0.29, 0.717) is 32.9 Å².